The highest BCUT2D eigenvalue weighted by atomic mass is 19.1. The van der Waals surface area contributed by atoms with E-state index in [4.69, 9.17) is 9.15 Å². The number of hydrogen-bond acceptors (Lipinski definition) is 3. The van der Waals surface area contributed by atoms with Gasteiger partial charge >= 0.3 is 0 Å². The monoisotopic (exact) mass is 331 g/mol. The van der Waals surface area contributed by atoms with E-state index in [-0.39, 0.29) is 6.54 Å². The molecule has 1 N–H and O–H groups in total. The first-order valence-electron chi connectivity index (χ1n) is 7.33. The van der Waals surface area contributed by atoms with Gasteiger partial charge in [0.1, 0.15) is 34.6 Å². The number of ether oxygens (including phenoxy) is 1. The minimum Gasteiger partial charge on any atom is -0.458 e. The molecule has 3 rings (SSSR count). The molecule has 1 atom stereocenters. The summed E-state index contributed by atoms with van der Waals surface area (Å²) >= 11 is 0. The number of rotatable bonds is 5. The van der Waals surface area contributed by atoms with E-state index in [0.717, 1.165) is 17.5 Å². The molecule has 0 bridgehead atoms. The van der Waals surface area contributed by atoms with E-state index >= 15 is 0 Å². The lowest BCUT2D eigenvalue weighted by atomic mass is 10.1. The minimum atomic E-state index is -0.912. The first-order chi connectivity index (χ1) is 11.6. The van der Waals surface area contributed by atoms with Crippen LogP contribution in [0.15, 0.2) is 52.9 Å². The molecule has 1 aromatic heterocycles. The number of hydrogen-bond donors (Lipinski definition) is 1. The van der Waals surface area contributed by atoms with Crippen LogP contribution >= 0.6 is 0 Å². The molecule has 24 heavy (non-hydrogen) atoms. The maximum Gasteiger partial charge on any atom is 0.257 e. The van der Waals surface area contributed by atoms with Gasteiger partial charge in [0.25, 0.3) is 5.91 Å². The van der Waals surface area contributed by atoms with Crippen LogP contribution in [0.1, 0.15) is 22.2 Å². The van der Waals surface area contributed by atoms with Crippen molar-refractivity contribution in [3.63, 3.8) is 0 Å². The van der Waals surface area contributed by atoms with E-state index in [9.17, 15) is 13.6 Å². The lowest BCUT2D eigenvalue weighted by Crippen LogP contribution is -2.30. The highest BCUT2D eigenvalue weighted by molar-refractivity contribution is 5.94. The van der Waals surface area contributed by atoms with Crippen molar-refractivity contribution in [3.8, 4) is 0 Å². The number of fused-ring (bicyclic) bond motifs is 1. The van der Waals surface area contributed by atoms with Gasteiger partial charge in [-0.1, -0.05) is 24.3 Å². The number of furan rings is 1. The van der Waals surface area contributed by atoms with Crippen LogP contribution in [0.3, 0.4) is 0 Å². The summed E-state index contributed by atoms with van der Waals surface area (Å²) < 4.78 is 38.2. The second-order valence-corrected chi connectivity index (χ2v) is 5.22. The molecule has 1 unspecified atom stereocenters. The normalized spacial score (nSPS) is 12.3. The highest BCUT2D eigenvalue weighted by Crippen LogP contribution is 2.25. The summed E-state index contributed by atoms with van der Waals surface area (Å²) in [6.45, 7) is 0.0168. The Labute approximate surface area is 137 Å². The smallest absolute Gasteiger partial charge is 0.257 e. The number of para-hydroxylation sites is 1. The Hall–Kier alpha value is -2.73. The molecule has 124 valence electrons. The Kier molecular flexibility index (Phi) is 4.57. The molecule has 0 aliphatic carbocycles. The number of methoxy groups -OCH3 is 1. The molecule has 0 saturated carbocycles. The van der Waals surface area contributed by atoms with Crippen LogP contribution in [0.4, 0.5) is 8.78 Å². The minimum absolute atomic E-state index is 0.0168. The van der Waals surface area contributed by atoms with Crippen molar-refractivity contribution in [1.82, 2.24) is 5.32 Å². The highest BCUT2D eigenvalue weighted by Gasteiger charge is 2.20. The Morgan fingerprint density at radius 1 is 1.17 bits per heavy atom. The third-order valence-electron chi connectivity index (χ3n) is 3.68. The maximum atomic E-state index is 13.6. The lowest BCUT2D eigenvalue weighted by molar-refractivity contribution is 0.0743. The third kappa shape index (κ3) is 3.14. The van der Waals surface area contributed by atoms with Gasteiger partial charge < -0.3 is 14.5 Å². The fraction of sp³-hybridized carbons (Fsp3) is 0.167. The van der Waals surface area contributed by atoms with Gasteiger partial charge in [-0.25, -0.2) is 8.78 Å². The van der Waals surface area contributed by atoms with Gasteiger partial charge in [-0.15, -0.1) is 0 Å². The van der Waals surface area contributed by atoms with Crippen LogP contribution in [0, 0.1) is 11.6 Å². The van der Waals surface area contributed by atoms with Gasteiger partial charge in [0, 0.05) is 12.5 Å². The zero-order valence-electron chi connectivity index (χ0n) is 12.9. The molecule has 0 spiro atoms. The summed E-state index contributed by atoms with van der Waals surface area (Å²) in [6.07, 6.45) is -0.573. The largest absolute Gasteiger partial charge is 0.458 e. The summed E-state index contributed by atoms with van der Waals surface area (Å²) in [5, 5.41) is 3.37. The summed E-state index contributed by atoms with van der Waals surface area (Å²) in [5.74, 6) is -2.15. The number of nitrogens with one attached hydrogen (secondary N) is 1. The molecule has 0 saturated heterocycles. The van der Waals surface area contributed by atoms with Crippen LogP contribution in [-0.2, 0) is 4.74 Å². The average Bonchev–Trinajstić information content (AvgIpc) is 2.99. The fourth-order valence-corrected chi connectivity index (χ4v) is 2.45. The van der Waals surface area contributed by atoms with Crippen molar-refractivity contribution in [3.05, 3.63) is 71.5 Å². The van der Waals surface area contributed by atoms with E-state index in [1.165, 1.54) is 13.2 Å². The average molecular weight is 331 g/mol. The SMILES string of the molecule is COC(CNC(=O)c1c(F)cccc1F)c1cc2ccccc2o1. The number of halogens is 2. The van der Waals surface area contributed by atoms with Crippen LogP contribution in [0.2, 0.25) is 0 Å². The molecule has 0 aliphatic rings. The van der Waals surface area contributed by atoms with E-state index in [0.29, 0.717) is 11.3 Å². The molecule has 1 amide bonds. The van der Waals surface area contributed by atoms with Crippen molar-refractivity contribution >= 4 is 16.9 Å². The van der Waals surface area contributed by atoms with Gasteiger partial charge in [0.2, 0.25) is 0 Å². The van der Waals surface area contributed by atoms with Gasteiger partial charge in [-0.05, 0) is 24.3 Å². The van der Waals surface area contributed by atoms with Gasteiger partial charge in [-0.3, -0.25) is 4.79 Å². The second kappa shape index (κ2) is 6.80. The standard InChI is InChI=1S/C18H15F2NO3/c1-23-16(15-9-11-5-2-3-8-14(11)24-15)10-21-18(22)17-12(19)6-4-7-13(17)20/h2-9,16H,10H2,1H3,(H,21,22). The molecule has 0 radical (unpaired) electrons. The quantitative estimate of drug-likeness (QED) is 0.773. The van der Waals surface area contributed by atoms with E-state index in [2.05, 4.69) is 5.32 Å². The van der Waals surface area contributed by atoms with Crippen LogP contribution in [-0.4, -0.2) is 19.6 Å². The third-order valence-corrected chi connectivity index (χ3v) is 3.68. The van der Waals surface area contributed by atoms with E-state index in [1.807, 2.05) is 24.3 Å². The zero-order chi connectivity index (χ0) is 17.1. The number of benzene rings is 2. The van der Waals surface area contributed by atoms with Crippen LogP contribution < -0.4 is 5.32 Å². The molecule has 2 aromatic carbocycles. The van der Waals surface area contributed by atoms with Crippen molar-refractivity contribution in [1.29, 1.82) is 0 Å². The van der Waals surface area contributed by atoms with Gasteiger partial charge in [0.05, 0.1) is 6.54 Å². The Balaban J connectivity index is 1.75. The molecule has 1 heterocycles. The maximum absolute atomic E-state index is 13.6. The van der Waals surface area contributed by atoms with Crippen molar-refractivity contribution in [2.45, 2.75) is 6.10 Å². The van der Waals surface area contributed by atoms with E-state index < -0.39 is 29.2 Å². The summed E-state index contributed by atoms with van der Waals surface area (Å²) in [6, 6.07) is 12.5. The van der Waals surface area contributed by atoms with E-state index in [1.54, 1.807) is 6.07 Å². The van der Waals surface area contributed by atoms with Crippen LogP contribution in [0.25, 0.3) is 11.0 Å². The van der Waals surface area contributed by atoms with Crippen molar-refractivity contribution in [2.75, 3.05) is 13.7 Å². The molecule has 0 fully saturated rings. The van der Waals surface area contributed by atoms with Crippen molar-refractivity contribution < 1.29 is 22.7 Å². The molecule has 4 nitrogen and oxygen atoms in total. The molecular weight excluding hydrogens is 316 g/mol. The van der Waals surface area contributed by atoms with Crippen molar-refractivity contribution in [2.24, 2.45) is 0 Å². The van der Waals surface area contributed by atoms with Gasteiger partial charge in [-0.2, -0.15) is 0 Å². The molecular formula is C18H15F2NO3. The fourth-order valence-electron chi connectivity index (χ4n) is 2.45. The van der Waals surface area contributed by atoms with Crippen LogP contribution in [0.5, 0.6) is 0 Å². The summed E-state index contributed by atoms with van der Waals surface area (Å²) in [5.41, 5.74) is 0.0815. The predicted octanol–water partition coefficient (Wildman–Crippen LogP) is 3.83. The number of carbonyl (C=O) groups excluding carboxylic acids is 1. The summed E-state index contributed by atoms with van der Waals surface area (Å²) in [7, 11) is 1.47. The first kappa shape index (κ1) is 16.1. The predicted molar refractivity (Wildman–Crippen MR) is 84.7 cm³/mol. The Morgan fingerprint density at radius 2 is 1.88 bits per heavy atom. The second-order valence-electron chi connectivity index (χ2n) is 5.22. The Bertz CT molecular complexity index is 822. The number of carbonyl (C=O) groups is 1. The number of amides is 1. The first-order valence-corrected chi connectivity index (χ1v) is 7.33. The lowest BCUT2D eigenvalue weighted by Gasteiger charge is -2.14. The zero-order valence-corrected chi connectivity index (χ0v) is 12.9. The summed E-state index contributed by atoms with van der Waals surface area (Å²) in [4.78, 5) is 12.0. The topological polar surface area (TPSA) is 51.5 Å². The molecule has 0 aliphatic heterocycles. The molecule has 6 heteroatoms. The Morgan fingerprint density at radius 3 is 2.54 bits per heavy atom. The molecule has 3 aromatic rings. The van der Waals surface area contributed by atoms with Gasteiger partial charge in [0.15, 0.2) is 0 Å².